The van der Waals surface area contributed by atoms with Crippen molar-refractivity contribution in [1.82, 2.24) is 0 Å². The van der Waals surface area contributed by atoms with Gasteiger partial charge in [0.05, 0.1) is 5.60 Å². The Labute approximate surface area is 240 Å². The van der Waals surface area contributed by atoms with Gasteiger partial charge in [0.2, 0.25) is 0 Å². The van der Waals surface area contributed by atoms with Crippen LogP contribution in [0.2, 0.25) is 0 Å². The van der Waals surface area contributed by atoms with Gasteiger partial charge in [-0.25, -0.2) is 0 Å². The molecule has 1 N–H and O–H groups in total. The maximum absolute atomic E-state index is 12.2. The lowest BCUT2D eigenvalue weighted by Gasteiger charge is -2.57. The van der Waals surface area contributed by atoms with Crippen molar-refractivity contribution in [2.24, 2.45) is 28.6 Å². The van der Waals surface area contributed by atoms with Crippen molar-refractivity contribution in [1.29, 1.82) is 0 Å². The van der Waals surface area contributed by atoms with Gasteiger partial charge in [-0.3, -0.25) is 9.59 Å². The van der Waals surface area contributed by atoms with Crippen LogP contribution in [0.15, 0.2) is 23.3 Å². The smallest absolute Gasteiger partial charge is 0.302 e. The fourth-order valence-corrected chi connectivity index (χ4v) is 10.2. The normalized spacial score (nSPS) is 36.6. The number of thioether (sulfide) groups is 1. The number of esters is 2. The van der Waals surface area contributed by atoms with E-state index in [1.807, 2.05) is 13.8 Å². The summed E-state index contributed by atoms with van der Waals surface area (Å²) in [7, 11) is 0. The van der Waals surface area contributed by atoms with Crippen LogP contribution >= 0.6 is 11.8 Å². The first kappa shape index (κ1) is 30.7. The highest BCUT2D eigenvalue weighted by Gasteiger charge is 2.60. The van der Waals surface area contributed by atoms with Gasteiger partial charge in [-0.2, -0.15) is 11.8 Å². The molecule has 0 radical (unpaired) electrons. The number of unbranched alkanes of at least 4 members (excludes halogenated alkanes) is 2. The average Bonchev–Trinajstić information content (AvgIpc) is 3.18. The number of fused-ring (bicyclic) bond motifs is 5. The Morgan fingerprint density at radius 1 is 1.05 bits per heavy atom. The zero-order valence-electron chi connectivity index (χ0n) is 25.4. The van der Waals surface area contributed by atoms with Gasteiger partial charge in [-0.05, 0) is 81.3 Å². The van der Waals surface area contributed by atoms with Crippen LogP contribution in [0, 0.1) is 28.6 Å². The van der Waals surface area contributed by atoms with Crippen LogP contribution in [0.1, 0.15) is 113 Å². The van der Waals surface area contributed by atoms with Crippen molar-refractivity contribution < 1.29 is 24.2 Å². The molecule has 4 aliphatic carbocycles. The van der Waals surface area contributed by atoms with Gasteiger partial charge in [-0.15, -0.1) is 0 Å². The molecular weight excluding hydrogens is 508 g/mol. The second-order valence-electron chi connectivity index (χ2n) is 13.9. The molecular formula is C33H52O5S. The minimum absolute atomic E-state index is 0.237. The van der Waals surface area contributed by atoms with E-state index in [1.165, 1.54) is 57.3 Å². The molecule has 0 heterocycles. The number of carbonyl (C=O) groups is 2. The molecule has 3 fully saturated rings. The Morgan fingerprint density at radius 3 is 2.44 bits per heavy atom. The molecule has 0 aliphatic heterocycles. The molecule has 0 aromatic rings. The first-order valence-corrected chi connectivity index (χ1v) is 16.4. The molecule has 3 unspecified atom stereocenters. The maximum Gasteiger partial charge on any atom is 0.302 e. The van der Waals surface area contributed by atoms with E-state index >= 15 is 0 Å². The molecule has 39 heavy (non-hydrogen) atoms. The maximum atomic E-state index is 12.2. The zero-order valence-corrected chi connectivity index (χ0v) is 26.2. The van der Waals surface area contributed by atoms with E-state index in [9.17, 15) is 14.7 Å². The average molecular weight is 561 g/mol. The standard InChI is InChI=1S/C33H52O5S/c1-21(39-18-10-8-9-16-31(4,5)36)27-13-14-28-26-12-11-24-19-25(37-22(2)34)20-30(38-23(3)35)33(24,7)29(26)15-17-32(27,28)6/h11-12,21,25,27-30,36H,8-10,13-20H2,1-7H3/t21?,25?,27-,28+,29+,30?,32-,33+/m1/s1. The van der Waals surface area contributed by atoms with Crippen LogP contribution in [-0.2, 0) is 19.1 Å². The zero-order chi connectivity index (χ0) is 28.6. The second kappa shape index (κ2) is 11.9. The number of rotatable bonds is 10. The highest BCUT2D eigenvalue weighted by Crippen LogP contribution is 2.66. The number of carbonyl (C=O) groups excluding carboxylic acids is 2. The summed E-state index contributed by atoms with van der Waals surface area (Å²) in [5, 5.41) is 10.6. The summed E-state index contributed by atoms with van der Waals surface area (Å²) in [4.78, 5) is 23.9. The lowest BCUT2D eigenvalue weighted by Crippen LogP contribution is -2.54. The van der Waals surface area contributed by atoms with Gasteiger partial charge >= 0.3 is 11.9 Å². The summed E-state index contributed by atoms with van der Waals surface area (Å²) < 4.78 is 11.6. The molecule has 0 aromatic heterocycles. The minimum Gasteiger partial charge on any atom is -0.462 e. The van der Waals surface area contributed by atoms with Crippen molar-refractivity contribution >= 4 is 23.7 Å². The first-order chi connectivity index (χ1) is 18.3. The highest BCUT2D eigenvalue weighted by molar-refractivity contribution is 7.99. The van der Waals surface area contributed by atoms with Crippen molar-refractivity contribution in [2.75, 3.05) is 5.75 Å². The Hall–Kier alpha value is -1.27. The Bertz CT molecular complexity index is 979. The second-order valence-corrected chi connectivity index (χ2v) is 15.4. The van der Waals surface area contributed by atoms with Gasteiger partial charge in [0, 0.05) is 37.4 Å². The Morgan fingerprint density at radius 2 is 1.77 bits per heavy atom. The summed E-state index contributed by atoms with van der Waals surface area (Å²) in [6.45, 7) is 14.1. The first-order valence-electron chi connectivity index (χ1n) is 15.3. The molecule has 6 heteroatoms. The number of aliphatic hydroxyl groups is 1. The van der Waals surface area contributed by atoms with E-state index in [0.29, 0.717) is 34.8 Å². The molecule has 5 nitrogen and oxygen atoms in total. The van der Waals surface area contributed by atoms with E-state index in [1.54, 1.807) is 5.57 Å². The third kappa shape index (κ3) is 6.47. The third-order valence-electron chi connectivity index (χ3n) is 10.7. The summed E-state index contributed by atoms with van der Waals surface area (Å²) in [6, 6.07) is 0. The van der Waals surface area contributed by atoms with Crippen molar-refractivity contribution in [3.8, 4) is 0 Å². The molecule has 8 atom stereocenters. The molecule has 0 spiro atoms. The molecule has 0 bridgehead atoms. The third-order valence-corrected chi connectivity index (χ3v) is 12.1. The molecule has 4 rings (SSSR count). The topological polar surface area (TPSA) is 72.8 Å². The van der Waals surface area contributed by atoms with E-state index in [-0.39, 0.29) is 29.6 Å². The molecule has 3 saturated carbocycles. The number of hydrogen-bond acceptors (Lipinski definition) is 6. The van der Waals surface area contributed by atoms with Crippen LogP contribution in [0.4, 0.5) is 0 Å². The highest BCUT2D eigenvalue weighted by atomic mass is 32.2. The molecule has 0 aromatic carbocycles. The monoisotopic (exact) mass is 560 g/mol. The Kier molecular flexibility index (Phi) is 9.38. The molecule has 4 aliphatic rings. The molecule has 0 amide bonds. The summed E-state index contributed by atoms with van der Waals surface area (Å²) in [6.07, 6.45) is 14.7. The number of ether oxygens (including phenoxy) is 2. The molecule has 220 valence electrons. The van der Waals surface area contributed by atoms with Crippen molar-refractivity contribution in [2.45, 2.75) is 136 Å². The quantitative estimate of drug-likeness (QED) is 0.222. The lowest BCUT2D eigenvalue weighted by molar-refractivity contribution is -0.165. The van der Waals surface area contributed by atoms with Gasteiger partial charge in [0.25, 0.3) is 0 Å². The predicted octanol–water partition coefficient (Wildman–Crippen LogP) is 7.41. The summed E-state index contributed by atoms with van der Waals surface area (Å²) in [5.74, 6) is 2.34. The fourth-order valence-electron chi connectivity index (χ4n) is 8.73. The van der Waals surface area contributed by atoms with Crippen LogP contribution in [0.25, 0.3) is 0 Å². The lowest BCUT2D eigenvalue weighted by atomic mass is 9.49. The van der Waals surface area contributed by atoms with Gasteiger partial charge < -0.3 is 14.6 Å². The summed E-state index contributed by atoms with van der Waals surface area (Å²) >= 11 is 2.15. The molecule has 0 saturated heterocycles. The van der Waals surface area contributed by atoms with Crippen LogP contribution < -0.4 is 0 Å². The van der Waals surface area contributed by atoms with E-state index < -0.39 is 5.60 Å². The largest absolute Gasteiger partial charge is 0.462 e. The number of hydrogen-bond donors (Lipinski definition) is 1. The van der Waals surface area contributed by atoms with E-state index in [2.05, 4.69) is 44.7 Å². The van der Waals surface area contributed by atoms with Crippen LogP contribution in [0.3, 0.4) is 0 Å². The van der Waals surface area contributed by atoms with Crippen LogP contribution in [-0.4, -0.2) is 45.9 Å². The van der Waals surface area contributed by atoms with Gasteiger partial charge in [0.15, 0.2) is 0 Å². The minimum atomic E-state index is -0.548. The van der Waals surface area contributed by atoms with Crippen LogP contribution in [0.5, 0.6) is 0 Å². The fraction of sp³-hybridized carbons (Fsp3) is 0.818. The summed E-state index contributed by atoms with van der Waals surface area (Å²) in [5.41, 5.74) is 2.36. The Balaban J connectivity index is 1.46. The number of allylic oxidation sites excluding steroid dienone is 3. The van der Waals surface area contributed by atoms with Crippen molar-refractivity contribution in [3.05, 3.63) is 23.3 Å². The van der Waals surface area contributed by atoms with Gasteiger partial charge in [0.1, 0.15) is 12.2 Å². The predicted molar refractivity (Wildman–Crippen MR) is 158 cm³/mol. The van der Waals surface area contributed by atoms with E-state index in [0.717, 1.165) is 25.7 Å². The van der Waals surface area contributed by atoms with Gasteiger partial charge in [-0.1, -0.05) is 56.9 Å². The van der Waals surface area contributed by atoms with Crippen molar-refractivity contribution in [3.63, 3.8) is 0 Å². The SMILES string of the molecule is CC(=O)OC1CC2=CC=C3[C@@H]4CC[C@H](C(C)SCCCCCC(C)(C)O)[C@@]4(C)CC[C@@H]3[C@@]2(C)C(OC(C)=O)C1. The van der Waals surface area contributed by atoms with E-state index in [4.69, 9.17) is 9.47 Å².